The molecule has 1 amide bonds. The van der Waals surface area contributed by atoms with Crippen molar-refractivity contribution in [3.05, 3.63) is 35.9 Å². The predicted molar refractivity (Wildman–Crippen MR) is 71.9 cm³/mol. The van der Waals surface area contributed by atoms with E-state index in [-0.39, 0.29) is 5.91 Å². The quantitative estimate of drug-likeness (QED) is 0.736. The Labute approximate surface area is 108 Å². The third-order valence-corrected chi connectivity index (χ3v) is 3.70. The fourth-order valence-electron chi connectivity index (χ4n) is 2.32. The molecule has 1 fully saturated rings. The number of rotatable bonds is 4. The summed E-state index contributed by atoms with van der Waals surface area (Å²) in [5.74, 6) is -0.266. The van der Waals surface area contributed by atoms with Crippen molar-refractivity contribution in [2.75, 3.05) is 6.54 Å². The molecule has 1 saturated heterocycles. The first-order valence-corrected chi connectivity index (χ1v) is 6.45. The lowest BCUT2D eigenvalue weighted by molar-refractivity contribution is -0.125. The molecule has 4 nitrogen and oxygen atoms in total. The van der Waals surface area contributed by atoms with Gasteiger partial charge in [-0.3, -0.25) is 10.1 Å². The maximum absolute atomic E-state index is 11.7. The second-order valence-corrected chi connectivity index (χ2v) is 5.11. The van der Waals surface area contributed by atoms with Gasteiger partial charge in [-0.2, -0.15) is 0 Å². The summed E-state index contributed by atoms with van der Waals surface area (Å²) < 4.78 is 0. The lowest BCUT2D eigenvalue weighted by Gasteiger charge is -2.38. The summed E-state index contributed by atoms with van der Waals surface area (Å²) in [6.07, 6.45) is 1.76. The van der Waals surface area contributed by atoms with Gasteiger partial charge in [0.25, 0.3) is 0 Å². The molecule has 98 valence electrons. The molecular formula is C14H21N3O. The molecule has 4 heteroatoms. The number of carbonyl (C=O) groups excluding carboxylic acids is 1. The number of hydrogen-bond acceptors (Lipinski definition) is 3. The van der Waals surface area contributed by atoms with Gasteiger partial charge in [0.1, 0.15) is 5.54 Å². The Bertz CT molecular complexity index is 397. The Hall–Kier alpha value is -1.39. The van der Waals surface area contributed by atoms with Crippen LogP contribution in [0.4, 0.5) is 0 Å². The van der Waals surface area contributed by atoms with Crippen LogP contribution in [0.5, 0.6) is 0 Å². The maximum atomic E-state index is 11.7. The van der Waals surface area contributed by atoms with Gasteiger partial charge in [0.05, 0.1) is 0 Å². The van der Waals surface area contributed by atoms with Gasteiger partial charge in [-0.25, -0.2) is 0 Å². The largest absolute Gasteiger partial charge is 0.368 e. The van der Waals surface area contributed by atoms with Gasteiger partial charge in [-0.15, -0.1) is 0 Å². The molecule has 0 bridgehead atoms. The van der Waals surface area contributed by atoms with Gasteiger partial charge in [0.2, 0.25) is 5.91 Å². The number of nitrogens with two attached hydrogens (primary N) is 1. The summed E-state index contributed by atoms with van der Waals surface area (Å²) in [5, 5.41) is 6.66. The summed E-state index contributed by atoms with van der Waals surface area (Å²) in [6, 6.07) is 10.5. The van der Waals surface area contributed by atoms with Crippen molar-refractivity contribution in [1.29, 1.82) is 0 Å². The van der Waals surface area contributed by atoms with E-state index in [4.69, 9.17) is 5.73 Å². The Morgan fingerprint density at radius 2 is 2.22 bits per heavy atom. The highest BCUT2D eigenvalue weighted by Gasteiger charge is 2.38. The molecule has 18 heavy (non-hydrogen) atoms. The molecule has 0 saturated carbocycles. The second kappa shape index (κ2) is 5.50. The lowest BCUT2D eigenvalue weighted by Crippen LogP contribution is -2.64. The van der Waals surface area contributed by atoms with Gasteiger partial charge in [-0.1, -0.05) is 30.3 Å². The molecule has 2 unspecified atom stereocenters. The molecular weight excluding hydrogens is 226 g/mol. The third kappa shape index (κ3) is 2.89. The fraction of sp³-hybridized carbons (Fsp3) is 0.500. The number of carbonyl (C=O) groups is 1. The van der Waals surface area contributed by atoms with Crippen LogP contribution in [0.15, 0.2) is 30.3 Å². The fourth-order valence-corrected chi connectivity index (χ4v) is 2.32. The van der Waals surface area contributed by atoms with Crippen molar-refractivity contribution in [1.82, 2.24) is 10.6 Å². The van der Waals surface area contributed by atoms with Crippen LogP contribution < -0.4 is 16.4 Å². The van der Waals surface area contributed by atoms with Crippen molar-refractivity contribution in [3.8, 4) is 0 Å². The minimum absolute atomic E-state index is 0.266. The SMILES string of the molecule is CC1CCC(NCc2ccccc2)(C(N)=O)CN1. The van der Waals surface area contributed by atoms with Gasteiger partial charge in [0, 0.05) is 19.1 Å². The van der Waals surface area contributed by atoms with E-state index >= 15 is 0 Å². The standard InChI is InChI=1S/C14H21N3O/c1-11-7-8-14(10-16-11,13(15)18)17-9-12-5-3-2-4-6-12/h2-6,11,16-17H,7-10H2,1H3,(H2,15,18). The monoisotopic (exact) mass is 247 g/mol. The Morgan fingerprint density at radius 3 is 2.78 bits per heavy atom. The molecule has 1 aromatic carbocycles. The van der Waals surface area contributed by atoms with Gasteiger partial charge in [-0.05, 0) is 25.3 Å². The molecule has 1 aliphatic heterocycles. The Morgan fingerprint density at radius 1 is 1.50 bits per heavy atom. The molecule has 2 rings (SSSR count). The van der Waals surface area contributed by atoms with E-state index in [1.165, 1.54) is 0 Å². The minimum atomic E-state index is -0.609. The van der Waals surface area contributed by atoms with Crippen LogP contribution >= 0.6 is 0 Å². The van der Waals surface area contributed by atoms with Crippen molar-refractivity contribution in [3.63, 3.8) is 0 Å². The van der Waals surface area contributed by atoms with Gasteiger partial charge >= 0.3 is 0 Å². The van der Waals surface area contributed by atoms with Crippen LogP contribution in [0, 0.1) is 0 Å². The third-order valence-electron chi connectivity index (χ3n) is 3.70. The number of amides is 1. The Kier molecular flexibility index (Phi) is 3.99. The van der Waals surface area contributed by atoms with Gasteiger partial charge in [0.15, 0.2) is 0 Å². The van der Waals surface area contributed by atoms with E-state index in [0.29, 0.717) is 19.1 Å². The van der Waals surface area contributed by atoms with E-state index in [0.717, 1.165) is 18.4 Å². The van der Waals surface area contributed by atoms with Crippen LogP contribution in [0.3, 0.4) is 0 Å². The summed E-state index contributed by atoms with van der Waals surface area (Å²) in [7, 11) is 0. The van der Waals surface area contributed by atoms with Crippen LogP contribution in [-0.4, -0.2) is 24.0 Å². The van der Waals surface area contributed by atoms with Crippen molar-refractivity contribution in [2.45, 2.75) is 37.9 Å². The van der Waals surface area contributed by atoms with Crippen LogP contribution in [0.25, 0.3) is 0 Å². The average molecular weight is 247 g/mol. The van der Waals surface area contributed by atoms with Crippen molar-refractivity contribution >= 4 is 5.91 Å². The van der Waals surface area contributed by atoms with Crippen LogP contribution in [0.2, 0.25) is 0 Å². The molecule has 0 radical (unpaired) electrons. The number of primary amides is 1. The zero-order valence-corrected chi connectivity index (χ0v) is 10.8. The van der Waals surface area contributed by atoms with Gasteiger partial charge < -0.3 is 11.1 Å². The second-order valence-electron chi connectivity index (χ2n) is 5.11. The smallest absolute Gasteiger partial charge is 0.239 e. The first kappa shape index (κ1) is 13.1. The van der Waals surface area contributed by atoms with Crippen molar-refractivity contribution < 1.29 is 4.79 Å². The maximum Gasteiger partial charge on any atom is 0.239 e. The minimum Gasteiger partial charge on any atom is -0.368 e. The zero-order chi connectivity index (χ0) is 13.0. The van der Waals surface area contributed by atoms with Crippen LogP contribution in [0.1, 0.15) is 25.3 Å². The van der Waals surface area contributed by atoms with E-state index < -0.39 is 5.54 Å². The van der Waals surface area contributed by atoms with E-state index in [1.54, 1.807) is 0 Å². The molecule has 1 aromatic rings. The summed E-state index contributed by atoms with van der Waals surface area (Å²) in [6.45, 7) is 3.40. The molecule has 4 N–H and O–H groups in total. The summed E-state index contributed by atoms with van der Waals surface area (Å²) in [5.41, 5.74) is 6.13. The number of nitrogens with one attached hydrogen (secondary N) is 2. The first-order chi connectivity index (χ1) is 8.62. The summed E-state index contributed by atoms with van der Waals surface area (Å²) >= 11 is 0. The number of benzene rings is 1. The molecule has 1 aliphatic rings. The first-order valence-electron chi connectivity index (χ1n) is 6.45. The van der Waals surface area contributed by atoms with Crippen molar-refractivity contribution in [2.24, 2.45) is 5.73 Å². The molecule has 2 atom stereocenters. The predicted octanol–water partition coefficient (Wildman–Crippen LogP) is 0.772. The molecule has 0 aromatic heterocycles. The summed E-state index contributed by atoms with van der Waals surface area (Å²) in [4.78, 5) is 11.7. The topological polar surface area (TPSA) is 67.1 Å². The highest BCUT2D eigenvalue weighted by Crippen LogP contribution is 2.19. The van der Waals surface area contributed by atoms with E-state index in [2.05, 4.69) is 17.6 Å². The molecule has 1 heterocycles. The highest BCUT2D eigenvalue weighted by molar-refractivity contribution is 5.85. The highest BCUT2D eigenvalue weighted by atomic mass is 16.1. The van der Waals surface area contributed by atoms with E-state index in [9.17, 15) is 4.79 Å². The average Bonchev–Trinajstić information content (AvgIpc) is 2.39. The Balaban J connectivity index is 2.01. The number of piperidine rings is 1. The normalized spacial score (nSPS) is 27.9. The van der Waals surface area contributed by atoms with E-state index in [1.807, 2.05) is 30.3 Å². The van der Waals surface area contributed by atoms with Crippen LogP contribution in [-0.2, 0) is 11.3 Å². The molecule has 0 spiro atoms. The number of hydrogen-bond donors (Lipinski definition) is 3. The zero-order valence-electron chi connectivity index (χ0n) is 10.8. The molecule has 0 aliphatic carbocycles. The lowest BCUT2D eigenvalue weighted by atomic mass is 9.86.